The summed E-state index contributed by atoms with van der Waals surface area (Å²) in [6.07, 6.45) is 8.93. The Hall–Kier alpha value is -4.24. The Morgan fingerprint density at radius 2 is 0.545 bits per heavy atom. The van der Waals surface area contributed by atoms with E-state index in [4.69, 9.17) is 40.9 Å². The van der Waals surface area contributed by atoms with Crippen LogP contribution in [0.1, 0.15) is 116 Å². The normalized spacial score (nSPS) is 14.9. The van der Waals surface area contributed by atoms with Crippen LogP contribution in [0.15, 0.2) is 0 Å². The maximum atomic E-state index is 10.6. The third-order valence-electron chi connectivity index (χ3n) is 6.02. The molecule has 0 heterocycles. The van der Waals surface area contributed by atoms with Crippen LogP contribution < -0.4 is 0 Å². The largest absolute Gasteiger partial charge is 0.481 e. The molecule has 2 atom stereocenters. The monoisotopic (exact) mass is 638 g/mol. The first-order valence-corrected chi connectivity index (χ1v) is 14.3. The van der Waals surface area contributed by atoms with Gasteiger partial charge >= 0.3 is 47.8 Å². The van der Waals surface area contributed by atoms with Gasteiger partial charge in [-0.1, -0.05) is 38.5 Å². The number of carboxylic acid groups (broad SMARTS) is 8. The molecule has 0 saturated heterocycles. The van der Waals surface area contributed by atoms with Crippen molar-refractivity contribution in [3.63, 3.8) is 0 Å². The molecule has 16 nitrogen and oxygen atoms in total. The molecule has 0 aromatic carbocycles. The molecule has 1 saturated carbocycles. The van der Waals surface area contributed by atoms with E-state index in [1.54, 1.807) is 0 Å². The van der Waals surface area contributed by atoms with E-state index in [0.29, 0.717) is 25.7 Å². The molecule has 254 valence electrons. The van der Waals surface area contributed by atoms with Gasteiger partial charge in [-0.25, -0.2) is 0 Å². The van der Waals surface area contributed by atoms with Gasteiger partial charge in [0.05, 0.1) is 24.7 Å². The van der Waals surface area contributed by atoms with Gasteiger partial charge in [0.15, 0.2) is 0 Å². The highest BCUT2D eigenvalue weighted by molar-refractivity contribution is 5.80. The molecule has 0 aliphatic heterocycles. The highest BCUT2D eigenvalue weighted by atomic mass is 16.4. The molecule has 0 aromatic heterocycles. The first-order chi connectivity index (χ1) is 20.5. The molecule has 8 N–H and O–H groups in total. The van der Waals surface area contributed by atoms with Crippen LogP contribution >= 0.6 is 0 Å². The SMILES string of the molecule is O=C(O)C1CCCCC1C(=O)O.O=C(O)CCC(=O)O.O=C(O)CCCCC(=O)O.O=C(O)CCCCCCCCC(=O)O. The number of hydrogen-bond acceptors (Lipinski definition) is 8. The van der Waals surface area contributed by atoms with Gasteiger partial charge in [-0.05, 0) is 38.5 Å². The minimum atomic E-state index is -1.08. The molecule has 1 fully saturated rings. The summed E-state index contributed by atoms with van der Waals surface area (Å²) < 4.78 is 0. The fourth-order valence-electron chi connectivity index (χ4n) is 3.75. The summed E-state index contributed by atoms with van der Waals surface area (Å²) in [5.41, 5.74) is 0. The molecule has 0 radical (unpaired) electrons. The van der Waals surface area contributed by atoms with Crippen LogP contribution in [0.4, 0.5) is 0 Å². The van der Waals surface area contributed by atoms with Gasteiger partial charge in [-0.15, -0.1) is 0 Å². The maximum Gasteiger partial charge on any atom is 0.307 e. The molecule has 44 heavy (non-hydrogen) atoms. The molecule has 2 unspecified atom stereocenters. The zero-order valence-electron chi connectivity index (χ0n) is 24.7. The van der Waals surface area contributed by atoms with Gasteiger partial charge in [-0.2, -0.15) is 0 Å². The van der Waals surface area contributed by atoms with Crippen molar-refractivity contribution in [2.45, 2.75) is 116 Å². The Kier molecular flexibility index (Phi) is 29.0. The quantitative estimate of drug-likeness (QED) is 0.0930. The molecule has 16 heteroatoms. The third-order valence-corrected chi connectivity index (χ3v) is 6.02. The molecule has 1 aliphatic rings. The second-order valence-corrected chi connectivity index (χ2v) is 9.86. The van der Waals surface area contributed by atoms with Crippen molar-refractivity contribution in [1.29, 1.82) is 0 Å². The first kappa shape index (κ1) is 44.2. The third kappa shape index (κ3) is 35.8. The first-order valence-electron chi connectivity index (χ1n) is 14.3. The standard InChI is InChI=1S/C10H18O4.C8H12O4.C6H10O4.C4H6O4/c11-9(12)7-5-3-1-2-4-6-8-10(13)14;9-7(10)5-3-1-2-4-6(5)8(11)12;7-5(8)3-1-2-4-6(9)10;5-3(6)1-2-4(7)8/h1-8H2,(H,11,12)(H,13,14);5-6H,1-4H2,(H,9,10)(H,11,12);1-4H2,(H,7,8)(H,9,10);1-2H2,(H,5,6)(H,7,8). The molecule has 0 amide bonds. The highest BCUT2D eigenvalue weighted by Gasteiger charge is 2.35. The van der Waals surface area contributed by atoms with E-state index in [1.165, 1.54) is 0 Å². The minimum absolute atomic E-state index is 0.0628. The van der Waals surface area contributed by atoms with Crippen LogP contribution in [0, 0.1) is 11.8 Å². The minimum Gasteiger partial charge on any atom is -0.481 e. The van der Waals surface area contributed by atoms with E-state index in [9.17, 15) is 38.4 Å². The van der Waals surface area contributed by atoms with Crippen molar-refractivity contribution >= 4 is 47.8 Å². The summed E-state index contributed by atoms with van der Waals surface area (Å²) in [6, 6.07) is 0. The number of carboxylic acids is 8. The zero-order chi connectivity index (χ0) is 34.5. The summed E-state index contributed by atoms with van der Waals surface area (Å²) in [7, 11) is 0. The molecule has 0 aromatic rings. The lowest BCUT2D eigenvalue weighted by Gasteiger charge is -2.24. The number of aliphatic carboxylic acids is 8. The molecule has 1 aliphatic carbocycles. The predicted octanol–water partition coefficient (Wildman–Crippen LogP) is 3.89. The Morgan fingerprint density at radius 1 is 0.341 bits per heavy atom. The fraction of sp³-hybridized carbons (Fsp3) is 0.714. The fourth-order valence-corrected chi connectivity index (χ4v) is 3.75. The number of unbranched alkanes of at least 4 members (excludes halogenated alkanes) is 6. The van der Waals surface area contributed by atoms with Crippen LogP contribution in [0.5, 0.6) is 0 Å². The Labute approximate surface area is 254 Å². The number of carbonyl (C=O) groups is 8. The van der Waals surface area contributed by atoms with Crippen LogP contribution in [-0.4, -0.2) is 88.6 Å². The average molecular weight is 639 g/mol. The van der Waals surface area contributed by atoms with Crippen LogP contribution in [-0.2, 0) is 38.4 Å². The average Bonchev–Trinajstić information content (AvgIpc) is 2.92. The van der Waals surface area contributed by atoms with Gasteiger partial charge in [0.2, 0.25) is 0 Å². The van der Waals surface area contributed by atoms with Crippen molar-refractivity contribution in [3.8, 4) is 0 Å². The number of hydrogen-bond donors (Lipinski definition) is 8. The van der Waals surface area contributed by atoms with Gasteiger partial charge in [0, 0.05) is 25.7 Å². The Bertz CT molecular complexity index is 826. The van der Waals surface area contributed by atoms with Crippen molar-refractivity contribution < 1.29 is 79.2 Å². The second-order valence-electron chi connectivity index (χ2n) is 9.86. The number of rotatable bonds is 19. The van der Waals surface area contributed by atoms with Crippen LogP contribution in [0.3, 0.4) is 0 Å². The van der Waals surface area contributed by atoms with Crippen LogP contribution in [0.25, 0.3) is 0 Å². The molecular weight excluding hydrogens is 592 g/mol. The van der Waals surface area contributed by atoms with E-state index in [0.717, 1.165) is 51.4 Å². The van der Waals surface area contributed by atoms with Gasteiger partial charge < -0.3 is 40.9 Å². The van der Waals surface area contributed by atoms with Crippen LogP contribution in [0.2, 0.25) is 0 Å². The Morgan fingerprint density at radius 3 is 0.750 bits per heavy atom. The van der Waals surface area contributed by atoms with E-state index < -0.39 is 59.6 Å². The summed E-state index contributed by atoms with van der Waals surface area (Å²) in [6.45, 7) is 0. The van der Waals surface area contributed by atoms with E-state index in [1.807, 2.05) is 0 Å². The topological polar surface area (TPSA) is 298 Å². The van der Waals surface area contributed by atoms with E-state index in [-0.39, 0.29) is 38.5 Å². The lowest BCUT2D eigenvalue weighted by molar-refractivity contribution is -0.155. The van der Waals surface area contributed by atoms with Gasteiger partial charge in [-0.3, -0.25) is 38.4 Å². The highest BCUT2D eigenvalue weighted by Crippen LogP contribution is 2.30. The van der Waals surface area contributed by atoms with Gasteiger partial charge in [0.1, 0.15) is 0 Å². The molecule has 0 spiro atoms. The second kappa shape index (κ2) is 28.9. The zero-order valence-corrected chi connectivity index (χ0v) is 24.7. The van der Waals surface area contributed by atoms with E-state index >= 15 is 0 Å². The molecular formula is C28H46O16. The maximum absolute atomic E-state index is 10.6. The summed E-state index contributed by atoms with van der Waals surface area (Å²) in [5, 5.41) is 66.1. The molecule has 0 bridgehead atoms. The summed E-state index contributed by atoms with van der Waals surface area (Å²) >= 11 is 0. The van der Waals surface area contributed by atoms with Crippen molar-refractivity contribution in [1.82, 2.24) is 0 Å². The lowest BCUT2D eigenvalue weighted by Crippen LogP contribution is -2.32. The Balaban J connectivity index is -0.000000520. The smallest absolute Gasteiger partial charge is 0.307 e. The van der Waals surface area contributed by atoms with Gasteiger partial charge in [0.25, 0.3) is 0 Å². The summed E-state index contributed by atoms with van der Waals surface area (Å²) in [4.78, 5) is 80.6. The van der Waals surface area contributed by atoms with E-state index in [2.05, 4.69) is 0 Å². The van der Waals surface area contributed by atoms with Crippen molar-refractivity contribution in [3.05, 3.63) is 0 Å². The van der Waals surface area contributed by atoms with Crippen molar-refractivity contribution in [2.75, 3.05) is 0 Å². The summed E-state index contributed by atoms with van der Waals surface area (Å²) in [5.74, 6) is -8.65. The predicted molar refractivity (Wildman–Crippen MR) is 151 cm³/mol. The van der Waals surface area contributed by atoms with Crippen molar-refractivity contribution in [2.24, 2.45) is 11.8 Å². The lowest BCUT2D eigenvalue weighted by atomic mass is 9.79. The molecule has 1 rings (SSSR count).